The van der Waals surface area contributed by atoms with E-state index in [1.165, 1.54) is 32.7 Å². The summed E-state index contributed by atoms with van der Waals surface area (Å²) in [5, 5.41) is 6.58. The van der Waals surface area contributed by atoms with E-state index in [4.69, 9.17) is 25.8 Å². The van der Waals surface area contributed by atoms with E-state index < -0.39 is 11.9 Å². The Morgan fingerprint density at radius 2 is 2.00 bits per heavy atom. The van der Waals surface area contributed by atoms with Gasteiger partial charge in [0, 0.05) is 23.6 Å². The molecule has 164 valence electrons. The van der Waals surface area contributed by atoms with Gasteiger partial charge < -0.3 is 24.8 Å². The second-order valence-electron chi connectivity index (χ2n) is 6.51. The number of anilines is 2. The summed E-state index contributed by atoms with van der Waals surface area (Å²) in [7, 11) is 2.97. The van der Waals surface area contributed by atoms with Crippen molar-refractivity contribution in [2.75, 3.05) is 32.7 Å². The van der Waals surface area contributed by atoms with Crippen LogP contribution >= 0.6 is 11.6 Å². The quantitative estimate of drug-likeness (QED) is 0.482. The molecule has 0 aliphatic carbocycles. The molecule has 31 heavy (non-hydrogen) atoms. The summed E-state index contributed by atoms with van der Waals surface area (Å²) in [6, 6.07) is 7.71. The van der Waals surface area contributed by atoms with Crippen LogP contribution in [0.15, 0.2) is 36.7 Å². The second-order valence-corrected chi connectivity index (χ2v) is 6.95. The number of amides is 1. The molecule has 0 bridgehead atoms. The molecule has 2 N–H and O–H groups in total. The van der Waals surface area contributed by atoms with Gasteiger partial charge in [0.15, 0.2) is 11.5 Å². The third-order valence-corrected chi connectivity index (χ3v) is 4.72. The highest BCUT2D eigenvalue weighted by atomic mass is 35.5. The summed E-state index contributed by atoms with van der Waals surface area (Å²) >= 11 is 5.81. The molecule has 8 nitrogen and oxygen atoms in total. The molecule has 1 amide bonds. The fourth-order valence-electron chi connectivity index (χ4n) is 2.74. The molecule has 0 radical (unpaired) electrons. The van der Waals surface area contributed by atoms with Crippen molar-refractivity contribution in [1.29, 1.82) is 0 Å². The Bertz CT molecular complexity index is 1080. The molecule has 10 heteroatoms. The van der Waals surface area contributed by atoms with E-state index >= 15 is 0 Å². The minimum atomic E-state index is -0.539. The van der Waals surface area contributed by atoms with Gasteiger partial charge in [-0.3, -0.25) is 4.79 Å². The SMILES string of the molecule is COc1cc2c(Nc3ccc(Cl)cc3F)ncnc2cc1OCCNC(=O)C(C)OC. The number of aromatic nitrogens is 2. The smallest absolute Gasteiger partial charge is 0.248 e. The summed E-state index contributed by atoms with van der Waals surface area (Å²) in [5.41, 5.74) is 0.796. The van der Waals surface area contributed by atoms with Crippen LogP contribution in [0.5, 0.6) is 11.5 Å². The molecular weight excluding hydrogens is 427 g/mol. The third-order valence-electron chi connectivity index (χ3n) is 4.49. The fourth-order valence-corrected chi connectivity index (χ4v) is 2.90. The van der Waals surface area contributed by atoms with Crippen molar-refractivity contribution in [2.45, 2.75) is 13.0 Å². The lowest BCUT2D eigenvalue weighted by molar-refractivity contribution is -0.130. The highest BCUT2D eigenvalue weighted by molar-refractivity contribution is 6.30. The lowest BCUT2D eigenvalue weighted by atomic mass is 10.2. The molecule has 0 fully saturated rings. The first-order valence-corrected chi connectivity index (χ1v) is 9.79. The third kappa shape index (κ3) is 5.50. The molecule has 3 aromatic rings. The van der Waals surface area contributed by atoms with Crippen molar-refractivity contribution >= 4 is 39.9 Å². The van der Waals surface area contributed by atoms with Crippen molar-refractivity contribution in [3.63, 3.8) is 0 Å². The molecular formula is C21H22ClFN4O4. The maximum atomic E-state index is 14.2. The maximum absolute atomic E-state index is 14.2. The van der Waals surface area contributed by atoms with E-state index in [-0.39, 0.29) is 18.2 Å². The van der Waals surface area contributed by atoms with Gasteiger partial charge in [0.2, 0.25) is 5.91 Å². The number of nitrogens with one attached hydrogen (secondary N) is 2. The fraction of sp³-hybridized carbons (Fsp3) is 0.286. The molecule has 0 saturated heterocycles. The van der Waals surface area contributed by atoms with Gasteiger partial charge in [0.05, 0.1) is 24.9 Å². The van der Waals surface area contributed by atoms with Crippen LogP contribution < -0.4 is 20.1 Å². The Kier molecular flexibility index (Phi) is 7.43. The van der Waals surface area contributed by atoms with E-state index in [0.29, 0.717) is 39.8 Å². The zero-order chi connectivity index (χ0) is 22.4. The van der Waals surface area contributed by atoms with Crippen LogP contribution in [-0.2, 0) is 9.53 Å². The molecule has 1 unspecified atom stereocenters. The molecule has 3 rings (SSSR count). The molecule has 0 saturated carbocycles. The Hall–Kier alpha value is -3.17. The first-order chi connectivity index (χ1) is 14.9. The van der Waals surface area contributed by atoms with Crippen molar-refractivity contribution in [2.24, 2.45) is 0 Å². The monoisotopic (exact) mass is 448 g/mol. The maximum Gasteiger partial charge on any atom is 0.248 e. The molecule has 1 aromatic heterocycles. The van der Waals surface area contributed by atoms with Crippen LogP contribution in [0.1, 0.15) is 6.92 Å². The van der Waals surface area contributed by atoms with Crippen LogP contribution in [0.25, 0.3) is 10.9 Å². The molecule has 1 atom stereocenters. The van der Waals surface area contributed by atoms with Gasteiger partial charge in [0.1, 0.15) is 30.7 Å². The van der Waals surface area contributed by atoms with E-state index in [0.717, 1.165) is 0 Å². The number of carbonyl (C=O) groups excluding carboxylic acids is 1. The van der Waals surface area contributed by atoms with Crippen LogP contribution in [-0.4, -0.2) is 49.4 Å². The predicted molar refractivity (Wildman–Crippen MR) is 116 cm³/mol. The minimum Gasteiger partial charge on any atom is -0.493 e. The number of benzene rings is 2. The van der Waals surface area contributed by atoms with Crippen molar-refractivity contribution < 1.29 is 23.4 Å². The lowest BCUT2D eigenvalue weighted by Gasteiger charge is -2.15. The molecule has 0 aliphatic rings. The lowest BCUT2D eigenvalue weighted by Crippen LogP contribution is -2.36. The van der Waals surface area contributed by atoms with Crippen LogP contribution in [0.4, 0.5) is 15.9 Å². The number of hydrogen-bond acceptors (Lipinski definition) is 7. The first-order valence-electron chi connectivity index (χ1n) is 9.41. The van der Waals surface area contributed by atoms with Gasteiger partial charge in [-0.05, 0) is 31.2 Å². The summed E-state index contributed by atoms with van der Waals surface area (Å²) in [6.07, 6.45) is 0.824. The Balaban J connectivity index is 1.78. The Morgan fingerprint density at radius 3 is 2.71 bits per heavy atom. The zero-order valence-electron chi connectivity index (χ0n) is 17.2. The summed E-state index contributed by atoms with van der Waals surface area (Å²) in [6.45, 7) is 2.17. The number of fused-ring (bicyclic) bond motifs is 1. The van der Waals surface area contributed by atoms with Crippen LogP contribution in [0.2, 0.25) is 5.02 Å². The van der Waals surface area contributed by atoms with E-state index in [1.807, 2.05) is 0 Å². The van der Waals surface area contributed by atoms with Gasteiger partial charge in [-0.15, -0.1) is 0 Å². The van der Waals surface area contributed by atoms with Gasteiger partial charge in [-0.25, -0.2) is 14.4 Å². The topological polar surface area (TPSA) is 94.6 Å². The van der Waals surface area contributed by atoms with Gasteiger partial charge in [0.25, 0.3) is 0 Å². The van der Waals surface area contributed by atoms with E-state index in [2.05, 4.69) is 20.6 Å². The highest BCUT2D eigenvalue weighted by Crippen LogP contribution is 2.35. The standard InChI is InChI=1S/C21H22ClFN4O4/c1-12(29-2)21(28)24-6-7-31-19-10-17-14(9-18(19)30-3)20(26-11-25-17)27-16-5-4-13(22)8-15(16)23/h4-5,8-12H,6-7H2,1-3H3,(H,24,28)(H,25,26,27). The number of ether oxygens (including phenoxy) is 3. The summed E-state index contributed by atoms with van der Waals surface area (Å²) in [5.74, 6) is 0.562. The Morgan fingerprint density at radius 1 is 1.19 bits per heavy atom. The number of halogens is 2. The normalized spacial score (nSPS) is 11.8. The number of nitrogens with zero attached hydrogens (tertiary/aromatic N) is 2. The molecule has 1 heterocycles. The zero-order valence-corrected chi connectivity index (χ0v) is 18.0. The van der Waals surface area contributed by atoms with Gasteiger partial charge in [-0.2, -0.15) is 0 Å². The van der Waals surface area contributed by atoms with Crippen molar-refractivity contribution in [3.05, 3.63) is 47.5 Å². The number of hydrogen-bond donors (Lipinski definition) is 2. The minimum absolute atomic E-state index is 0.218. The summed E-state index contributed by atoms with van der Waals surface area (Å²) < 4.78 is 30.3. The number of methoxy groups -OCH3 is 2. The highest BCUT2D eigenvalue weighted by Gasteiger charge is 2.14. The average molecular weight is 449 g/mol. The first kappa shape index (κ1) is 22.5. The van der Waals surface area contributed by atoms with E-state index in [9.17, 15) is 9.18 Å². The van der Waals surface area contributed by atoms with Crippen molar-refractivity contribution in [1.82, 2.24) is 15.3 Å². The predicted octanol–water partition coefficient (Wildman–Crippen LogP) is 3.70. The molecule has 0 spiro atoms. The van der Waals surface area contributed by atoms with Crippen molar-refractivity contribution in [3.8, 4) is 11.5 Å². The Labute approximate surface area is 183 Å². The van der Waals surface area contributed by atoms with Gasteiger partial charge >= 0.3 is 0 Å². The number of rotatable bonds is 9. The van der Waals surface area contributed by atoms with Gasteiger partial charge in [-0.1, -0.05) is 11.6 Å². The number of carbonyl (C=O) groups is 1. The molecule has 0 aliphatic heterocycles. The largest absolute Gasteiger partial charge is 0.493 e. The average Bonchev–Trinajstić information content (AvgIpc) is 2.77. The second kappa shape index (κ2) is 10.2. The summed E-state index contributed by atoms with van der Waals surface area (Å²) in [4.78, 5) is 20.2. The van der Waals surface area contributed by atoms with E-state index in [1.54, 1.807) is 25.1 Å². The van der Waals surface area contributed by atoms with Crippen LogP contribution in [0, 0.1) is 5.82 Å². The molecule has 2 aromatic carbocycles. The van der Waals surface area contributed by atoms with Crippen LogP contribution in [0.3, 0.4) is 0 Å².